The molecule has 0 unspecified atom stereocenters. The summed E-state index contributed by atoms with van der Waals surface area (Å²) in [7, 11) is -3.12. The first-order valence-corrected chi connectivity index (χ1v) is 11.2. The minimum absolute atomic E-state index is 0.0384. The molecule has 0 saturated carbocycles. The van der Waals surface area contributed by atoms with Gasteiger partial charge >= 0.3 is 5.97 Å². The second kappa shape index (κ2) is 8.26. The summed E-state index contributed by atoms with van der Waals surface area (Å²) in [5.74, 6) is -1.02. The number of benzene rings is 1. The van der Waals surface area contributed by atoms with E-state index in [4.69, 9.17) is 4.74 Å². The molecule has 0 bridgehead atoms. The highest BCUT2D eigenvalue weighted by atomic mass is 32.2. The normalized spacial score (nSPS) is 19.3. The van der Waals surface area contributed by atoms with E-state index in [1.54, 1.807) is 23.1 Å². The number of sulfone groups is 1. The molecular formula is C20H24N2O5S. The molecule has 1 aromatic heterocycles. The minimum atomic E-state index is -3.12. The molecule has 1 saturated heterocycles. The molecule has 28 heavy (non-hydrogen) atoms. The lowest BCUT2D eigenvalue weighted by Crippen LogP contribution is -2.48. The molecule has 1 fully saturated rings. The molecule has 0 aliphatic carbocycles. The van der Waals surface area contributed by atoms with Crippen molar-refractivity contribution in [3.8, 4) is 0 Å². The average molecular weight is 404 g/mol. The molecule has 7 nitrogen and oxygen atoms in total. The standard InChI is InChI=1S/C20H24N2O5S/c1-3-14(2)22(16-10-11-28(25,26)13-16)19(23)12-27-20(24)18-9-8-15-6-4-5-7-17(15)21-18/h4-9,14,16H,3,10-13H2,1-2H3/t14-,16+/m0/s1. The number of esters is 1. The Hall–Kier alpha value is -2.48. The van der Waals surface area contributed by atoms with Gasteiger partial charge in [-0.15, -0.1) is 0 Å². The maximum atomic E-state index is 12.7. The predicted molar refractivity (Wildman–Crippen MR) is 106 cm³/mol. The molecule has 0 spiro atoms. The van der Waals surface area contributed by atoms with E-state index in [1.807, 2.05) is 32.0 Å². The summed E-state index contributed by atoms with van der Waals surface area (Å²) in [5.41, 5.74) is 0.797. The highest BCUT2D eigenvalue weighted by Crippen LogP contribution is 2.21. The number of hydrogen-bond acceptors (Lipinski definition) is 6. The molecule has 1 amide bonds. The second-order valence-corrected chi connectivity index (χ2v) is 9.31. The van der Waals surface area contributed by atoms with Crippen LogP contribution in [0.2, 0.25) is 0 Å². The van der Waals surface area contributed by atoms with E-state index < -0.39 is 22.4 Å². The summed E-state index contributed by atoms with van der Waals surface area (Å²) in [4.78, 5) is 30.9. The smallest absolute Gasteiger partial charge is 0.357 e. The molecule has 0 radical (unpaired) electrons. The quantitative estimate of drug-likeness (QED) is 0.685. The highest BCUT2D eigenvalue weighted by Gasteiger charge is 2.36. The summed E-state index contributed by atoms with van der Waals surface area (Å²) >= 11 is 0. The molecule has 2 atom stereocenters. The molecule has 1 aromatic carbocycles. The number of hydrogen-bond donors (Lipinski definition) is 0. The van der Waals surface area contributed by atoms with Crippen molar-refractivity contribution in [1.82, 2.24) is 9.88 Å². The lowest BCUT2D eigenvalue weighted by molar-refractivity contribution is -0.138. The second-order valence-electron chi connectivity index (χ2n) is 7.08. The van der Waals surface area contributed by atoms with Crippen LogP contribution in [0.5, 0.6) is 0 Å². The van der Waals surface area contributed by atoms with Gasteiger partial charge in [0.15, 0.2) is 16.4 Å². The number of pyridine rings is 1. The molecule has 0 N–H and O–H groups in total. The van der Waals surface area contributed by atoms with Gasteiger partial charge in [0.2, 0.25) is 0 Å². The molecule has 150 valence electrons. The van der Waals surface area contributed by atoms with E-state index in [1.165, 1.54) is 0 Å². The predicted octanol–water partition coefficient (Wildman–Crippen LogP) is 2.21. The summed E-state index contributed by atoms with van der Waals surface area (Å²) in [5, 5.41) is 0.903. The highest BCUT2D eigenvalue weighted by molar-refractivity contribution is 7.91. The fourth-order valence-electron chi connectivity index (χ4n) is 3.46. The first-order valence-electron chi connectivity index (χ1n) is 9.35. The fraction of sp³-hybridized carbons (Fsp3) is 0.450. The van der Waals surface area contributed by atoms with Crippen molar-refractivity contribution < 1.29 is 22.7 Å². The van der Waals surface area contributed by atoms with Gasteiger partial charge in [0.05, 0.1) is 17.0 Å². The minimum Gasteiger partial charge on any atom is -0.451 e. The van der Waals surface area contributed by atoms with Crippen molar-refractivity contribution in [2.24, 2.45) is 0 Å². The zero-order valence-electron chi connectivity index (χ0n) is 16.0. The van der Waals surface area contributed by atoms with Crippen molar-refractivity contribution in [3.63, 3.8) is 0 Å². The topological polar surface area (TPSA) is 93.6 Å². The Morgan fingerprint density at radius 3 is 2.68 bits per heavy atom. The zero-order valence-corrected chi connectivity index (χ0v) is 16.8. The molecule has 1 aliphatic heterocycles. The van der Waals surface area contributed by atoms with Gasteiger partial charge in [-0.25, -0.2) is 18.2 Å². The summed E-state index contributed by atoms with van der Waals surface area (Å²) in [6.07, 6.45) is 1.10. The Balaban J connectivity index is 1.68. The third kappa shape index (κ3) is 4.49. The van der Waals surface area contributed by atoms with Crippen molar-refractivity contribution in [2.45, 2.75) is 38.8 Å². The first kappa shape index (κ1) is 20.3. The summed E-state index contributed by atoms with van der Waals surface area (Å²) in [6, 6.07) is 10.2. The van der Waals surface area contributed by atoms with Gasteiger partial charge in [0.1, 0.15) is 5.69 Å². The van der Waals surface area contributed by atoms with Gasteiger partial charge in [-0.2, -0.15) is 0 Å². The van der Waals surface area contributed by atoms with E-state index in [2.05, 4.69) is 4.98 Å². The van der Waals surface area contributed by atoms with Crippen LogP contribution in [0.3, 0.4) is 0 Å². The monoisotopic (exact) mass is 404 g/mol. The Morgan fingerprint density at radius 1 is 1.25 bits per heavy atom. The van der Waals surface area contributed by atoms with Crippen LogP contribution < -0.4 is 0 Å². The molecule has 3 rings (SSSR count). The molecule has 2 aromatic rings. The maximum absolute atomic E-state index is 12.7. The number of carbonyl (C=O) groups is 2. The van der Waals surface area contributed by atoms with Crippen molar-refractivity contribution in [3.05, 3.63) is 42.1 Å². The number of ether oxygens (including phenoxy) is 1. The third-order valence-electron chi connectivity index (χ3n) is 5.09. The van der Waals surface area contributed by atoms with E-state index >= 15 is 0 Å². The van der Waals surface area contributed by atoms with Gasteiger partial charge in [-0.05, 0) is 31.9 Å². The maximum Gasteiger partial charge on any atom is 0.357 e. The molecule has 2 heterocycles. The number of aromatic nitrogens is 1. The fourth-order valence-corrected chi connectivity index (χ4v) is 5.17. The Morgan fingerprint density at radius 2 is 2.00 bits per heavy atom. The van der Waals surface area contributed by atoms with Crippen LogP contribution in [0.15, 0.2) is 36.4 Å². The summed E-state index contributed by atoms with van der Waals surface area (Å²) < 4.78 is 28.8. The van der Waals surface area contributed by atoms with Crippen molar-refractivity contribution in [1.29, 1.82) is 0 Å². The van der Waals surface area contributed by atoms with Gasteiger partial charge in [-0.3, -0.25) is 4.79 Å². The van der Waals surface area contributed by atoms with Gasteiger partial charge in [-0.1, -0.05) is 31.2 Å². The van der Waals surface area contributed by atoms with Crippen LogP contribution in [0.25, 0.3) is 10.9 Å². The molecular weight excluding hydrogens is 380 g/mol. The number of rotatable bonds is 6. The van der Waals surface area contributed by atoms with E-state index in [-0.39, 0.29) is 35.2 Å². The van der Waals surface area contributed by atoms with E-state index in [0.29, 0.717) is 18.4 Å². The van der Waals surface area contributed by atoms with Crippen LogP contribution in [-0.2, 0) is 19.4 Å². The Labute approximate surface area is 164 Å². The number of nitrogens with zero attached hydrogens (tertiary/aromatic N) is 2. The Kier molecular flexibility index (Phi) is 5.98. The number of carbonyl (C=O) groups excluding carboxylic acids is 2. The SMILES string of the molecule is CC[C@H](C)N(C(=O)COC(=O)c1ccc2ccccc2n1)[C@@H]1CCS(=O)(=O)C1. The molecule has 1 aliphatic rings. The van der Waals surface area contributed by atoms with Crippen LogP contribution in [0.1, 0.15) is 37.2 Å². The van der Waals surface area contributed by atoms with Crippen LogP contribution in [0, 0.1) is 0 Å². The van der Waals surface area contributed by atoms with Crippen molar-refractivity contribution >= 4 is 32.6 Å². The average Bonchev–Trinajstić information content (AvgIpc) is 3.04. The number of para-hydroxylation sites is 1. The van der Waals surface area contributed by atoms with Gasteiger partial charge in [0.25, 0.3) is 5.91 Å². The largest absolute Gasteiger partial charge is 0.451 e. The van der Waals surface area contributed by atoms with Crippen LogP contribution >= 0.6 is 0 Å². The van der Waals surface area contributed by atoms with Gasteiger partial charge < -0.3 is 9.64 Å². The van der Waals surface area contributed by atoms with Crippen LogP contribution in [0.4, 0.5) is 0 Å². The van der Waals surface area contributed by atoms with Gasteiger partial charge in [0, 0.05) is 17.5 Å². The molecule has 8 heteroatoms. The Bertz CT molecular complexity index is 989. The third-order valence-corrected chi connectivity index (χ3v) is 6.84. The lowest BCUT2D eigenvalue weighted by Gasteiger charge is -2.33. The lowest BCUT2D eigenvalue weighted by atomic mass is 10.1. The summed E-state index contributed by atoms with van der Waals surface area (Å²) in [6.45, 7) is 3.36. The van der Waals surface area contributed by atoms with Crippen molar-refractivity contribution in [2.75, 3.05) is 18.1 Å². The first-order chi connectivity index (χ1) is 13.3. The van der Waals surface area contributed by atoms with Crippen LogP contribution in [-0.4, -0.2) is 60.4 Å². The van der Waals surface area contributed by atoms with E-state index in [0.717, 1.165) is 5.39 Å². The zero-order chi connectivity index (χ0) is 20.3. The number of fused-ring (bicyclic) bond motifs is 1. The number of amides is 1. The van der Waals surface area contributed by atoms with E-state index in [9.17, 15) is 18.0 Å².